The summed E-state index contributed by atoms with van der Waals surface area (Å²) in [5.41, 5.74) is 0. The Kier molecular flexibility index (Phi) is 4.84. The molecule has 7 heteroatoms. The van der Waals surface area contributed by atoms with Gasteiger partial charge in [-0.25, -0.2) is 8.42 Å². The molecule has 2 saturated heterocycles. The Morgan fingerprint density at radius 3 is 2.64 bits per heavy atom. The van der Waals surface area contributed by atoms with Crippen molar-refractivity contribution >= 4 is 27.1 Å². The highest BCUT2D eigenvalue weighted by atomic mass is 32.2. The number of hydrogen-bond donors (Lipinski definition) is 0. The Balaban J connectivity index is 1.44. The van der Waals surface area contributed by atoms with Crippen molar-refractivity contribution in [3.8, 4) is 0 Å². The van der Waals surface area contributed by atoms with Gasteiger partial charge in [0.15, 0.2) is 9.84 Å². The molecule has 1 atom stereocenters. The highest BCUT2D eigenvalue weighted by Gasteiger charge is 2.36. The molecule has 0 aromatic carbocycles. The first kappa shape index (κ1) is 16.0. The summed E-state index contributed by atoms with van der Waals surface area (Å²) in [6.45, 7) is 4.24. The standard InChI is InChI=1S/C15H22N2O3S2/c18-15(13-4-11-22(19,20)12-13)17-8-6-16(7-9-17)5-3-14-2-1-10-21-14/h1-2,10,13H,3-9,11-12H2. The molecule has 0 aliphatic carbocycles. The largest absolute Gasteiger partial charge is 0.340 e. The molecule has 1 aromatic heterocycles. The quantitative estimate of drug-likeness (QED) is 0.815. The summed E-state index contributed by atoms with van der Waals surface area (Å²) in [5, 5.41) is 2.10. The summed E-state index contributed by atoms with van der Waals surface area (Å²) in [7, 11) is -2.98. The van der Waals surface area contributed by atoms with E-state index in [2.05, 4.69) is 22.4 Å². The summed E-state index contributed by atoms with van der Waals surface area (Å²) in [6, 6.07) is 4.23. The molecule has 22 heavy (non-hydrogen) atoms. The van der Waals surface area contributed by atoms with Crippen LogP contribution in [0.5, 0.6) is 0 Å². The van der Waals surface area contributed by atoms with Gasteiger partial charge in [-0.3, -0.25) is 9.69 Å². The first-order valence-corrected chi connectivity index (χ1v) is 10.5. The number of nitrogens with zero attached hydrogens (tertiary/aromatic N) is 2. The molecule has 1 amide bonds. The van der Waals surface area contributed by atoms with Gasteiger partial charge < -0.3 is 4.90 Å². The number of piperazine rings is 1. The number of carbonyl (C=O) groups is 1. The molecule has 122 valence electrons. The maximum Gasteiger partial charge on any atom is 0.226 e. The SMILES string of the molecule is O=C(C1CCS(=O)(=O)C1)N1CCN(CCc2cccs2)CC1. The fourth-order valence-corrected chi connectivity index (χ4v) is 5.59. The molecular formula is C15H22N2O3S2. The predicted molar refractivity (Wildman–Crippen MR) is 87.8 cm³/mol. The molecule has 0 N–H and O–H groups in total. The summed E-state index contributed by atoms with van der Waals surface area (Å²) in [6.07, 6.45) is 1.56. The second kappa shape index (κ2) is 6.68. The van der Waals surface area contributed by atoms with Gasteiger partial charge in [-0.1, -0.05) is 6.07 Å². The third-order valence-electron chi connectivity index (χ3n) is 4.52. The molecule has 5 nitrogen and oxygen atoms in total. The molecule has 2 aliphatic heterocycles. The van der Waals surface area contributed by atoms with Crippen molar-refractivity contribution in [1.82, 2.24) is 9.80 Å². The van der Waals surface area contributed by atoms with Crippen molar-refractivity contribution < 1.29 is 13.2 Å². The van der Waals surface area contributed by atoms with E-state index in [0.29, 0.717) is 6.42 Å². The number of thiophene rings is 1. The third kappa shape index (κ3) is 3.88. The van der Waals surface area contributed by atoms with E-state index in [1.54, 1.807) is 11.3 Å². The number of sulfone groups is 1. The lowest BCUT2D eigenvalue weighted by Gasteiger charge is -2.35. The average Bonchev–Trinajstić information content (AvgIpc) is 3.14. The van der Waals surface area contributed by atoms with Crippen LogP contribution in [0.15, 0.2) is 17.5 Å². The first-order chi connectivity index (χ1) is 10.5. The van der Waals surface area contributed by atoms with Crippen LogP contribution in [0, 0.1) is 5.92 Å². The maximum atomic E-state index is 12.4. The fourth-order valence-electron chi connectivity index (χ4n) is 3.16. The summed E-state index contributed by atoms with van der Waals surface area (Å²) < 4.78 is 23.0. The van der Waals surface area contributed by atoms with Crippen LogP contribution in [0.1, 0.15) is 11.3 Å². The van der Waals surface area contributed by atoms with Gasteiger partial charge in [-0.05, 0) is 24.3 Å². The minimum atomic E-state index is -2.98. The van der Waals surface area contributed by atoms with Crippen molar-refractivity contribution in [2.75, 3.05) is 44.2 Å². The zero-order chi connectivity index (χ0) is 15.6. The molecule has 1 unspecified atom stereocenters. The van der Waals surface area contributed by atoms with E-state index in [4.69, 9.17) is 0 Å². The van der Waals surface area contributed by atoms with Crippen LogP contribution in [0.3, 0.4) is 0 Å². The number of amides is 1. The minimum absolute atomic E-state index is 0.0407. The molecule has 3 heterocycles. The third-order valence-corrected chi connectivity index (χ3v) is 7.22. The Morgan fingerprint density at radius 1 is 1.27 bits per heavy atom. The zero-order valence-electron chi connectivity index (χ0n) is 12.6. The second-order valence-corrected chi connectivity index (χ2v) is 9.36. The lowest BCUT2D eigenvalue weighted by molar-refractivity contribution is -0.136. The van der Waals surface area contributed by atoms with Crippen LogP contribution in [0.4, 0.5) is 0 Å². The normalized spacial score (nSPS) is 25.5. The molecule has 3 rings (SSSR count). The average molecular weight is 342 g/mol. The molecule has 2 aliphatic rings. The second-order valence-electron chi connectivity index (χ2n) is 6.10. The molecule has 2 fully saturated rings. The van der Waals surface area contributed by atoms with Gasteiger partial charge in [0, 0.05) is 37.6 Å². The molecule has 0 bridgehead atoms. The molecule has 0 saturated carbocycles. The van der Waals surface area contributed by atoms with Gasteiger partial charge in [-0.15, -0.1) is 11.3 Å². The zero-order valence-corrected chi connectivity index (χ0v) is 14.2. The minimum Gasteiger partial charge on any atom is -0.340 e. The summed E-state index contributed by atoms with van der Waals surface area (Å²) in [4.78, 5) is 18.0. The highest BCUT2D eigenvalue weighted by molar-refractivity contribution is 7.91. The predicted octanol–water partition coefficient (Wildman–Crippen LogP) is 0.870. The Bertz CT molecular complexity index is 605. The Morgan fingerprint density at radius 2 is 2.05 bits per heavy atom. The van der Waals surface area contributed by atoms with Crippen LogP contribution in [0.25, 0.3) is 0 Å². The van der Waals surface area contributed by atoms with Crippen LogP contribution in [0.2, 0.25) is 0 Å². The van der Waals surface area contributed by atoms with Gasteiger partial charge in [-0.2, -0.15) is 0 Å². The topological polar surface area (TPSA) is 57.7 Å². The van der Waals surface area contributed by atoms with Crippen LogP contribution < -0.4 is 0 Å². The van der Waals surface area contributed by atoms with E-state index in [0.717, 1.165) is 39.1 Å². The lowest BCUT2D eigenvalue weighted by atomic mass is 10.1. The fraction of sp³-hybridized carbons (Fsp3) is 0.667. The lowest BCUT2D eigenvalue weighted by Crippen LogP contribution is -2.50. The van der Waals surface area contributed by atoms with E-state index in [9.17, 15) is 13.2 Å². The summed E-state index contributed by atoms with van der Waals surface area (Å²) in [5.74, 6) is -0.0455. The van der Waals surface area contributed by atoms with Gasteiger partial charge in [0.1, 0.15) is 0 Å². The van der Waals surface area contributed by atoms with E-state index < -0.39 is 9.84 Å². The van der Waals surface area contributed by atoms with E-state index in [1.807, 2.05) is 4.90 Å². The van der Waals surface area contributed by atoms with E-state index >= 15 is 0 Å². The van der Waals surface area contributed by atoms with Crippen LogP contribution >= 0.6 is 11.3 Å². The molecular weight excluding hydrogens is 320 g/mol. The van der Waals surface area contributed by atoms with Crippen LogP contribution in [-0.4, -0.2) is 68.4 Å². The highest BCUT2D eigenvalue weighted by Crippen LogP contribution is 2.21. The van der Waals surface area contributed by atoms with Crippen molar-refractivity contribution in [2.45, 2.75) is 12.8 Å². The van der Waals surface area contributed by atoms with Gasteiger partial charge in [0.05, 0.1) is 17.4 Å². The molecule has 0 spiro atoms. The summed E-state index contributed by atoms with van der Waals surface area (Å²) >= 11 is 1.79. The monoisotopic (exact) mass is 342 g/mol. The van der Waals surface area contributed by atoms with E-state index in [-0.39, 0.29) is 23.3 Å². The molecule has 1 aromatic rings. The number of hydrogen-bond acceptors (Lipinski definition) is 5. The van der Waals surface area contributed by atoms with Crippen molar-refractivity contribution in [1.29, 1.82) is 0 Å². The Labute approximate surface area is 135 Å². The van der Waals surface area contributed by atoms with E-state index in [1.165, 1.54) is 4.88 Å². The maximum absolute atomic E-state index is 12.4. The van der Waals surface area contributed by atoms with Crippen molar-refractivity contribution in [3.63, 3.8) is 0 Å². The first-order valence-electron chi connectivity index (χ1n) is 7.77. The Hall–Kier alpha value is -0.920. The molecule has 0 radical (unpaired) electrons. The van der Waals surface area contributed by atoms with Crippen LogP contribution in [-0.2, 0) is 21.1 Å². The van der Waals surface area contributed by atoms with Gasteiger partial charge in [0.2, 0.25) is 5.91 Å². The number of carbonyl (C=O) groups excluding carboxylic acids is 1. The smallest absolute Gasteiger partial charge is 0.226 e. The number of rotatable bonds is 4. The van der Waals surface area contributed by atoms with Crippen molar-refractivity contribution in [3.05, 3.63) is 22.4 Å². The van der Waals surface area contributed by atoms with Gasteiger partial charge in [0.25, 0.3) is 0 Å². The van der Waals surface area contributed by atoms with Crippen molar-refractivity contribution in [2.24, 2.45) is 5.92 Å². The van der Waals surface area contributed by atoms with Gasteiger partial charge >= 0.3 is 0 Å².